The molecule has 1 unspecified atom stereocenters. The van der Waals surface area contributed by atoms with Crippen molar-refractivity contribution in [1.82, 2.24) is 0 Å². The van der Waals surface area contributed by atoms with Crippen LogP contribution in [0.5, 0.6) is 0 Å². The Hall–Kier alpha value is -1.38. The van der Waals surface area contributed by atoms with Crippen molar-refractivity contribution in [3.8, 4) is 0 Å². The highest BCUT2D eigenvalue weighted by atomic mass is 35.5. The van der Waals surface area contributed by atoms with Gasteiger partial charge in [0.2, 0.25) is 0 Å². The Labute approximate surface area is 111 Å². The second-order valence-corrected chi connectivity index (χ2v) is 4.96. The van der Waals surface area contributed by atoms with Gasteiger partial charge in [0.25, 0.3) is 0 Å². The van der Waals surface area contributed by atoms with Crippen LogP contribution in [0, 0.1) is 19.7 Å². The molecule has 0 radical (unpaired) electrons. The van der Waals surface area contributed by atoms with E-state index < -0.39 is 0 Å². The highest BCUT2D eigenvalue weighted by Crippen LogP contribution is 2.25. The molecule has 1 atom stereocenters. The molecule has 0 saturated heterocycles. The van der Waals surface area contributed by atoms with Crippen molar-refractivity contribution in [2.24, 2.45) is 5.73 Å². The molecule has 0 aliphatic rings. The van der Waals surface area contributed by atoms with Crippen LogP contribution in [0.1, 0.15) is 28.3 Å². The SMILES string of the molecule is Cc1cc(F)cc(C(N)c2ccc(Cl)c(C)c2)c1. The van der Waals surface area contributed by atoms with Crippen molar-refractivity contribution >= 4 is 11.6 Å². The van der Waals surface area contributed by atoms with Crippen LogP contribution >= 0.6 is 11.6 Å². The number of halogens is 2. The molecule has 2 rings (SSSR count). The van der Waals surface area contributed by atoms with Crippen LogP contribution in [0.4, 0.5) is 4.39 Å². The Kier molecular flexibility index (Phi) is 3.69. The molecular weight excluding hydrogens is 249 g/mol. The molecule has 94 valence electrons. The number of benzene rings is 2. The molecule has 0 fully saturated rings. The van der Waals surface area contributed by atoms with Crippen molar-refractivity contribution in [1.29, 1.82) is 0 Å². The summed E-state index contributed by atoms with van der Waals surface area (Å²) < 4.78 is 13.4. The minimum absolute atomic E-state index is 0.258. The molecule has 0 spiro atoms. The van der Waals surface area contributed by atoms with Crippen LogP contribution in [0.15, 0.2) is 36.4 Å². The summed E-state index contributed by atoms with van der Waals surface area (Å²) in [5.74, 6) is -0.258. The maximum Gasteiger partial charge on any atom is 0.123 e. The van der Waals surface area contributed by atoms with Crippen molar-refractivity contribution in [3.05, 3.63) is 69.5 Å². The van der Waals surface area contributed by atoms with E-state index in [0.717, 1.165) is 22.3 Å². The Balaban J connectivity index is 2.40. The van der Waals surface area contributed by atoms with Gasteiger partial charge in [-0.05, 0) is 54.3 Å². The van der Waals surface area contributed by atoms with Crippen LogP contribution in [-0.2, 0) is 0 Å². The largest absolute Gasteiger partial charge is 0.320 e. The summed E-state index contributed by atoms with van der Waals surface area (Å²) in [7, 11) is 0. The van der Waals surface area contributed by atoms with E-state index in [1.807, 2.05) is 38.1 Å². The molecule has 0 saturated carbocycles. The van der Waals surface area contributed by atoms with Gasteiger partial charge in [0.05, 0.1) is 6.04 Å². The van der Waals surface area contributed by atoms with Gasteiger partial charge < -0.3 is 5.73 Å². The predicted octanol–water partition coefficient (Wildman–Crippen LogP) is 4.14. The minimum atomic E-state index is -0.338. The van der Waals surface area contributed by atoms with Gasteiger partial charge in [-0.2, -0.15) is 0 Å². The normalized spacial score (nSPS) is 12.5. The summed E-state index contributed by atoms with van der Waals surface area (Å²) in [6.07, 6.45) is 0. The fourth-order valence-corrected chi connectivity index (χ4v) is 2.12. The van der Waals surface area contributed by atoms with Crippen molar-refractivity contribution in [2.45, 2.75) is 19.9 Å². The van der Waals surface area contributed by atoms with Crippen molar-refractivity contribution in [2.75, 3.05) is 0 Å². The van der Waals surface area contributed by atoms with Crippen molar-refractivity contribution in [3.63, 3.8) is 0 Å². The van der Waals surface area contributed by atoms with Gasteiger partial charge >= 0.3 is 0 Å². The molecule has 2 aromatic rings. The minimum Gasteiger partial charge on any atom is -0.320 e. The second-order valence-electron chi connectivity index (χ2n) is 4.55. The molecular formula is C15H15ClFN. The average Bonchev–Trinajstić information content (AvgIpc) is 2.30. The van der Waals surface area contributed by atoms with Crippen LogP contribution in [0.3, 0.4) is 0 Å². The van der Waals surface area contributed by atoms with Gasteiger partial charge in [-0.3, -0.25) is 0 Å². The molecule has 18 heavy (non-hydrogen) atoms. The Bertz CT molecular complexity index is 560. The van der Waals surface area contributed by atoms with Crippen LogP contribution in [0.2, 0.25) is 5.02 Å². The number of hydrogen-bond donors (Lipinski definition) is 1. The van der Waals surface area contributed by atoms with E-state index >= 15 is 0 Å². The second kappa shape index (κ2) is 5.09. The first-order valence-electron chi connectivity index (χ1n) is 5.76. The number of hydrogen-bond acceptors (Lipinski definition) is 1. The Morgan fingerprint density at radius 1 is 1.06 bits per heavy atom. The molecule has 0 heterocycles. The van der Waals surface area contributed by atoms with E-state index in [1.54, 1.807) is 0 Å². The summed E-state index contributed by atoms with van der Waals surface area (Å²) in [5.41, 5.74) is 9.70. The van der Waals surface area contributed by atoms with Crippen molar-refractivity contribution < 1.29 is 4.39 Å². The summed E-state index contributed by atoms with van der Waals surface area (Å²) in [5, 5.41) is 0.710. The lowest BCUT2D eigenvalue weighted by Gasteiger charge is -2.14. The topological polar surface area (TPSA) is 26.0 Å². The molecule has 0 aliphatic carbocycles. The third-order valence-electron chi connectivity index (χ3n) is 2.96. The summed E-state index contributed by atoms with van der Waals surface area (Å²) >= 11 is 5.98. The smallest absolute Gasteiger partial charge is 0.123 e. The summed E-state index contributed by atoms with van der Waals surface area (Å²) in [6, 6.07) is 10.2. The van der Waals surface area contributed by atoms with Crippen LogP contribution < -0.4 is 5.73 Å². The molecule has 0 aromatic heterocycles. The van der Waals surface area contributed by atoms with E-state index in [9.17, 15) is 4.39 Å². The standard InChI is InChI=1S/C15H15ClFN/c1-9-5-12(8-13(17)6-9)15(18)11-3-4-14(16)10(2)7-11/h3-8,15H,18H2,1-2H3. The van der Waals surface area contributed by atoms with Gasteiger partial charge in [-0.25, -0.2) is 4.39 Å². The summed E-state index contributed by atoms with van der Waals surface area (Å²) in [4.78, 5) is 0. The molecule has 2 aromatic carbocycles. The number of aryl methyl sites for hydroxylation is 2. The maximum absolute atomic E-state index is 13.4. The Morgan fingerprint density at radius 2 is 1.78 bits per heavy atom. The zero-order valence-corrected chi connectivity index (χ0v) is 11.1. The van der Waals surface area contributed by atoms with Gasteiger partial charge in [0.1, 0.15) is 5.82 Å². The van der Waals surface area contributed by atoms with E-state index in [-0.39, 0.29) is 11.9 Å². The van der Waals surface area contributed by atoms with Gasteiger partial charge in [0.15, 0.2) is 0 Å². The molecule has 3 heteroatoms. The fraction of sp³-hybridized carbons (Fsp3) is 0.200. The molecule has 0 bridgehead atoms. The monoisotopic (exact) mass is 263 g/mol. The van der Waals surface area contributed by atoms with E-state index in [1.165, 1.54) is 12.1 Å². The predicted molar refractivity (Wildman–Crippen MR) is 73.4 cm³/mol. The zero-order valence-electron chi connectivity index (χ0n) is 10.4. The average molecular weight is 264 g/mol. The van der Waals surface area contributed by atoms with Crippen LogP contribution in [0.25, 0.3) is 0 Å². The maximum atomic E-state index is 13.4. The van der Waals surface area contributed by atoms with Crippen LogP contribution in [-0.4, -0.2) is 0 Å². The highest BCUT2D eigenvalue weighted by Gasteiger charge is 2.11. The lowest BCUT2D eigenvalue weighted by Crippen LogP contribution is -2.12. The number of rotatable bonds is 2. The lowest BCUT2D eigenvalue weighted by molar-refractivity contribution is 0.622. The zero-order chi connectivity index (χ0) is 13.3. The molecule has 0 aliphatic heterocycles. The summed E-state index contributed by atoms with van der Waals surface area (Å²) in [6.45, 7) is 3.78. The first-order valence-corrected chi connectivity index (χ1v) is 6.14. The Morgan fingerprint density at radius 3 is 2.39 bits per heavy atom. The third-order valence-corrected chi connectivity index (χ3v) is 3.39. The first kappa shape index (κ1) is 13.1. The van der Waals surface area contributed by atoms with E-state index in [2.05, 4.69) is 0 Å². The van der Waals surface area contributed by atoms with Gasteiger partial charge in [0, 0.05) is 5.02 Å². The molecule has 2 N–H and O–H groups in total. The first-order chi connectivity index (χ1) is 8.47. The quantitative estimate of drug-likeness (QED) is 0.866. The number of nitrogens with two attached hydrogens (primary N) is 1. The third kappa shape index (κ3) is 2.71. The van der Waals surface area contributed by atoms with Gasteiger partial charge in [-0.1, -0.05) is 29.8 Å². The van der Waals surface area contributed by atoms with E-state index in [4.69, 9.17) is 17.3 Å². The lowest BCUT2D eigenvalue weighted by atomic mass is 9.97. The highest BCUT2D eigenvalue weighted by molar-refractivity contribution is 6.31. The fourth-order valence-electron chi connectivity index (χ4n) is 2.00. The van der Waals surface area contributed by atoms with Gasteiger partial charge in [-0.15, -0.1) is 0 Å². The van der Waals surface area contributed by atoms with E-state index in [0.29, 0.717) is 5.02 Å². The molecule has 0 amide bonds. The molecule has 1 nitrogen and oxygen atoms in total.